The number of anilines is 1. The molecule has 0 saturated heterocycles. The molecule has 4 N–H and O–H groups in total. The molecule has 4 aromatic heterocycles. The monoisotopic (exact) mass is 581 g/mol. The summed E-state index contributed by atoms with van der Waals surface area (Å²) in [5.74, 6) is 0.696. The Labute approximate surface area is 250 Å². The van der Waals surface area contributed by atoms with Crippen LogP contribution >= 0.6 is 0 Å². The van der Waals surface area contributed by atoms with E-state index in [9.17, 15) is 20.0 Å². The topological polar surface area (TPSA) is 178 Å². The van der Waals surface area contributed by atoms with Gasteiger partial charge in [-0.15, -0.1) is 0 Å². The number of carbonyl (C=O) groups is 2. The normalized spacial score (nSPS) is 13.8. The first kappa shape index (κ1) is 26.5. The van der Waals surface area contributed by atoms with Gasteiger partial charge in [-0.2, -0.15) is 10.4 Å². The van der Waals surface area contributed by atoms with Crippen molar-refractivity contribution in [1.82, 2.24) is 34.6 Å². The molecule has 0 fully saturated rings. The second-order valence-electron chi connectivity index (χ2n) is 10.3. The minimum atomic E-state index is -0.503. The lowest BCUT2D eigenvalue weighted by Gasteiger charge is -2.16. The Morgan fingerprint density at radius 3 is 2.77 bits per heavy atom. The Kier molecular flexibility index (Phi) is 6.33. The van der Waals surface area contributed by atoms with Gasteiger partial charge >= 0.3 is 0 Å². The standard InChI is InChI=1S/C32H23N9O3/c33-16-19-15-27(43)20(17-42)14-24(19)32(44)38-25-7-4-18-13-21(5-6-22(18)25)41-30(23-3-1-10-35-29(23)34)37-26-8-9-28(39-31(26)41)40-12-2-11-36-40/h1-3,5-6,8-15,17,25,43H,4,7H2,(H2,34,35)(H,38,44)/t25-/m0/s1. The predicted molar refractivity (Wildman–Crippen MR) is 160 cm³/mol. The number of nitrogens with two attached hydrogens (primary N) is 1. The van der Waals surface area contributed by atoms with E-state index in [0.29, 0.717) is 53.3 Å². The lowest BCUT2D eigenvalue weighted by molar-refractivity contribution is 0.0936. The van der Waals surface area contributed by atoms with Crippen LogP contribution in [0.4, 0.5) is 5.82 Å². The molecule has 44 heavy (non-hydrogen) atoms. The zero-order valence-electron chi connectivity index (χ0n) is 23.0. The summed E-state index contributed by atoms with van der Waals surface area (Å²) in [5.41, 5.74) is 10.9. The average Bonchev–Trinajstić information content (AvgIpc) is 3.80. The molecule has 4 heterocycles. The Bertz CT molecular complexity index is 2150. The quantitative estimate of drug-likeness (QED) is 0.245. The Morgan fingerprint density at radius 1 is 1.11 bits per heavy atom. The molecule has 2 aromatic carbocycles. The summed E-state index contributed by atoms with van der Waals surface area (Å²) in [4.78, 5) is 38.6. The van der Waals surface area contributed by atoms with Crippen molar-refractivity contribution in [2.45, 2.75) is 18.9 Å². The molecule has 0 saturated carbocycles. The summed E-state index contributed by atoms with van der Waals surface area (Å²) in [6.45, 7) is 0. The van der Waals surface area contributed by atoms with Gasteiger partial charge in [0.15, 0.2) is 23.6 Å². The second kappa shape index (κ2) is 10.5. The summed E-state index contributed by atoms with van der Waals surface area (Å²) in [5, 5.41) is 26.8. The van der Waals surface area contributed by atoms with E-state index < -0.39 is 5.91 Å². The van der Waals surface area contributed by atoms with Gasteiger partial charge in [0.05, 0.1) is 28.3 Å². The van der Waals surface area contributed by atoms with E-state index in [1.807, 2.05) is 59.3 Å². The number of rotatable bonds is 6. The van der Waals surface area contributed by atoms with Crippen LogP contribution in [-0.2, 0) is 6.42 Å². The number of amides is 1. The van der Waals surface area contributed by atoms with Crippen LogP contribution in [-0.4, -0.2) is 46.6 Å². The van der Waals surface area contributed by atoms with E-state index in [1.54, 1.807) is 23.1 Å². The maximum absolute atomic E-state index is 13.2. The average molecular weight is 582 g/mol. The van der Waals surface area contributed by atoms with Gasteiger partial charge in [0.1, 0.15) is 23.2 Å². The van der Waals surface area contributed by atoms with Gasteiger partial charge in [0, 0.05) is 24.3 Å². The minimum Gasteiger partial charge on any atom is -0.507 e. The van der Waals surface area contributed by atoms with Gasteiger partial charge < -0.3 is 16.2 Å². The lowest BCUT2D eigenvalue weighted by Crippen LogP contribution is -2.28. The molecule has 0 aliphatic heterocycles. The number of aldehydes is 1. The van der Waals surface area contributed by atoms with E-state index in [1.165, 1.54) is 6.07 Å². The molecule has 6 aromatic rings. The molecular weight excluding hydrogens is 558 g/mol. The molecule has 7 rings (SSSR count). The van der Waals surface area contributed by atoms with Crippen molar-refractivity contribution < 1.29 is 14.7 Å². The van der Waals surface area contributed by atoms with Crippen LogP contribution in [0, 0.1) is 11.3 Å². The van der Waals surface area contributed by atoms with Gasteiger partial charge in [-0.1, -0.05) is 6.07 Å². The van der Waals surface area contributed by atoms with Crippen molar-refractivity contribution in [3.8, 4) is 34.7 Å². The third-order valence-electron chi connectivity index (χ3n) is 7.74. The van der Waals surface area contributed by atoms with Crippen molar-refractivity contribution in [3.05, 3.63) is 107 Å². The Hall–Kier alpha value is -6.35. The molecular formula is C32H23N9O3. The molecule has 1 aliphatic carbocycles. The maximum atomic E-state index is 13.2. The van der Waals surface area contributed by atoms with Crippen LogP contribution in [0.15, 0.2) is 79.3 Å². The number of nitrogen functional groups attached to an aromatic ring is 1. The number of aryl methyl sites for hydroxylation is 1. The molecule has 0 bridgehead atoms. The van der Waals surface area contributed by atoms with Crippen LogP contribution in [0.5, 0.6) is 5.75 Å². The molecule has 214 valence electrons. The number of aromatic nitrogens is 6. The number of carbonyl (C=O) groups excluding carboxylic acids is 2. The first-order chi connectivity index (χ1) is 21.4. The summed E-state index contributed by atoms with van der Waals surface area (Å²) >= 11 is 0. The highest BCUT2D eigenvalue weighted by atomic mass is 16.3. The number of fused-ring (bicyclic) bond motifs is 2. The summed E-state index contributed by atoms with van der Waals surface area (Å²) in [6.07, 6.45) is 6.90. The highest BCUT2D eigenvalue weighted by Crippen LogP contribution is 2.36. The number of hydrogen-bond acceptors (Lipinski definition) is 9. The van der Waals surface area contributed by atoms with Crippen molar-refractivity contribution in [2.24, 2.45) is 0 Å². The molecule has 1 amide bonds. The number of hydrogen-bond donors (Lipinski definition) is 3. The van der Waals surface area contributed by atoms with Crippen LogP contribution in [0.25, 0.3) is 34.1 Å². The number of benzene rings is 2. The molecule has 0 radical (unpaired) electrons. The molecule has 12 nitrogen and oxygen atoms in total. The first-order valence-corrected chi connectivity index (χ1v) is 13.7. The number of nitrogens with one attached hydrogen (secondary N) is 1. The molecule has 0 spiro atoms. The van der Waals surface area contributed by atoms with Gasteiger partial charge in [-0.25, -0.2) is 19.6 Å². The Morgan fingerprint density at radius 2 is 2.00 bits per heavy atom. The Balaban J connectivity index is 1.29. The lowest BCUT2D eigenvalue weighted by atomic mass is 10.0. The van der Waals surface area contributed by atoms with Gasteiger partial charge in [-0.05, 0) is 78.6 Å². The molecule has 1 aliphatic rings. The van der Waals surface area contributed by atoms with Crippen molar-refractivity contribution in [1.29, 1.82) is 5.26 Å². The first-order valence-electron chi connectivity index (χ1n) is 13.7. The summed E-state index contributed by atoms with van der Waals surface area (Å²) < 4.78 is 3.62. The SMILES string of the molecule is N#Cc1cc(O)c(C=O)cc1C(=O)N[C@H]1CCc2cc(-n3c(-c4cccnc4N)nc4ccc(-n5cccn5)nc43)ccc21. The number of nitrogens with zero attached hydrogens (tertiary/aromatic N) is 7. The van der Waals surface area contributed by atoms with Crippen molar-refractivity contribution in [2.75, 3.05) is 5.73 Å². The number of pyridine rings is 2. The smallest absolute Gasteiger partial charge is 0.253 e. The number of phenolic OH excluding ortho intramolecular Hbond substituents is 1. The minimum absolute atomic E-state index is 0.0182. The highest BCUT2D eigenvalue weighted by molar-refractivity contribution is 5.99. The zero-order valence-corrected chi connectivity index (χ0v) is 23.0. The van der Waals surface area contributed by atoms with E-state index in [-0.39, 0.29) is 28.5 Å². The van der Waals surface area contributed by atoms with E-state index in [0.717, 1.165) is 22.9 Å². The van der Waals surface area contributed by atoms with Gasteiger partial charge in [-0.3, -0.25) is 14.2 Å². The fourth-order valence-electron chi connectivity index (χ4n) is 5.62. The molecule has 1 atom stereocenters. The summed E-state index contributed by atoms with van der Waals surface area (Å²) in [6, 6.07) is 19.1. The third kappa shape index (κ3) is 4.40. The number of phenols is 1. The zero-order chi connectivity index (χ0) is 30.4. The number of aromatic hydroxyl groups is 1. The number of imidazole rings is 1. The fourth-order valence-corrected chi connectivity index (χ4v) is 5.62. The van der Waals surface area contributed by atoms with Crippen LogP contribution in [0.3, 0.4) is 0 Å². The second-order valence-corrected chi connectivity index (χ2v) is 10.3. The summed E-state index contributed by atoms with van der Waals surface area (Å²) in [7, 11) is 0. The largest absolute Gasteiger partial charge is 0.507 e. The van der Waals surface area contributed by atoms with Gasteiger partial charge in [0.2, 0.25) is 0 Å². The van der Waals surface area contributed by atoms with Crippen LogP contribution in [0.2, 0.25) is 0 Å². The van der Waals surface area contributed by atoms with Crippen LogP contribution < -0.4 is 11.1 Å². The molecule has 12 heteroatoms. The third-order valence-corrected chi connectivity index (χ3v) is 7.74. The number of nitriles is 1. The van der Waals surface area contributed by atoms with E-state index in [2.05, 4.69) is 15.4 Å². The van der Waals surface area contributed by atoms with Crippen LogP contribution in [0.1, 0.15) is 49.9 Å². The van der Waals surface area contributed by atoms with E-state index >= 15 is 0 Å². The van der Waals surface area contributed by atoms with Gasteiger partial charge in [0.25, 0.3) is 5.91 Å². The molecule has 0 unspecified atom stereocenters. The fraction of sp³-hybridized carbons (Fsp3) is 0.0938. The highest BCUT2D eigenvalue weighted by Gasteiger charge is 2.27. The maximum Gasteiger partial charge on any atom is 0.253 e. The van der Waals surface area contributed by atoms with Crippen molar-refractivity contribution in [3.63, 3.8) is 0 Å². The van der Waals surface area contributed by atoms with Crippen molar-refractivity contribution >= 4 is 29.2 Å². The predicted octanol–water partition coefficient (Wildman–Crippen LogP) is 4.06. The van der Waals surface area contributed by atoms with E-state index in [4.69, 9.17) is 15.7 Å².